The molecule has 8 heteroatoms. The number of alkyl halides is 2. The summed E-state index contributed by atoms with van der Waals surface area (Å²) in [5, 5.41) is 14.7. The first-order valence-corrected chi connectivity index (χ1v) is 7.64. The Hall–Kier alpha value is -2.22. The molecule has 3 amide bonds. The van der Waals surface area contributed by atoms with Crippen molar-refractivity contribution >= 4 is 17.6 Å². The summed E-state index contributed by atoms with van der Waals surface area (Å²) in [6, 6.07) is 6.74. The van der Waals surface area contributed by atoms with Gasteiger partial charge in [0.05, 0.1) is 0 Å². The molecule has 0 saturated carbocycles. The number of aryl methyl sites for hydroxylation is 1. The van der Waals surface area contributed by atoms with Gasteiger partial charge in [-0.05, 0) is 19.1 Å². The zero-order valence-corrected chi connectivity index (χ0v) is 13.6. The standard InChI is InChI=1S/C16H21F2N3O3/c1-11-3-5-12(6-4-11)20-14(23)21-9-7-15(24,8-10-21)16(17,18)13(22)19-2/h3-6,24H,7-10H2,1-2H3,(H,19,22)(H,20,23). The molecule has 1 aliphatic heterocycles. The van der Waals surface area contributed by atoms with Crippen molar-refractivity contribution in [3.63, 3.8) is 0 Å². The highest BCUT2D eigenvalue weighted by atomic mass is 19.3. The molecule has 0 radical (unpaired) electrons. The van der Waals surface area contributed by atoms with Crippen LogP contribution in [0.3, 0.4) is 0 Å². The van der Waals surface area contributed by atoms with Gasteiger partial charge in [0, 0.05) is 38.7 Å². The fourth-order valence-electron chi connectivity index (χ4n) is 2.60. The number of rotatable bonds is 3. The first-order valence-electron chi connectivity index (χ1n) is 7.64. The number of hydrogen-bond acceptors (Lipinski definition) is 3. The molecule has 0 aliphatic carbocycles. The van der Waals surface area contributed by atoms with Crippen LogP contribution in [-0.4, -0.2) is 53.6 Å². The largest absolute Gasteiger partial charge is 0.383 e. The van der Waals surface area contributed by atoms with E-state index in [0.717, 1.165) is 12.6 Å². The Balaban J connectivity index is 1.97. The number of piperidine rings is 1. The van der Waals surface area contributed by atoms with Gasteiger partial charge in [-0.1, -0.05) is 17.7 Å². The number of anilines is 1. The number of amides is 3. The van der Waals surface area contributed by atoms with E-state index in [1.807, 2.05) is 24.4 Å². The molecule has 0 unspecified atom stereocenters. The molecule has 1 aliphatic rings. The van der Waals surface area contributed by atoms with E-state index in [-0.39, 0.29) is 25.9 Å². The molecule has 0 aromatic heterocycles. The van der Waals surface area contributed by atoms with Crippen molar-refractivity contribution in [3.05, 3.63) is 29.8 Å². The summed E-state index contributed by atoms with van der Waals surface area (Å²) in [6.45, 7) is 1.78. The van der Waals surface area contributed by atoms with Gasteiger partial charge in [-0.3, -0.25) is 4.79 Å². The maximum absolute atomic E-state index is 14.0. The Morgan fingerprint density at radius 3 is 2.25 bits per heavy atom. The van der Waals surface area contributed by atoms with Gasteiger partial charge in [0.1, 0.15) is 5.60 Å². The Kier molecular flexibility index (Phi) is 5.08. The van der Waals surface area contributed by atoms with Crippen LogP contribution in [0.1, 0.15) is 18.4 Å². The Bertz CT molecular complexity index is 611. The van der Waals surface area contributed by atoms with E-state index in [1.54, 1.807) is 12.1 Å². The molecule has 1 saturated heterocycles. The molecule has 1 aromatic carbocycles. The number of likely N-dealkylation sites (tertiary alicyclic amines) is 1. The first kappa shape index (κ1) is 18.1. The molecule has 1 aromatic rings. The molecule has 0 spiro atoms. The van der Waals surface area contributed by atoms with Gasteiger partial charge in [0.25, 0.3) is 5.91 Å². The van der Waals surface area contributed by atoms with Crippen LogP contribution in [0.15, 0.2) is 24.3 Å². The van der Waals surface area contributed by atoms with Crippen LogP contribution in [0.2, 0.25) is 0 Å². The van der Waals surface area contributed by atoms with E-state index >= 15 is 0 Å². The second kappa shape index (κ2) is 6.72. The van der Waals surface area contributed by atoms with E-state index in [1.165, 1.54) is 4.90 Å². The highest BCUT2D eigenvalue weighted by molar-refractivity contribution is 5.89. The summed E-state index contributed by atoms with van der Waals surface area (Å²) in [5.41, 5.74) is -0.803. The molecule has 132 valence electrons. The number of nitrogens with one attached hydrogen (secondary N) is 2. The summed E-state index contributed by atoms with van der Waals surface area (Å²) in [5.74, 6) is -5.43. The number of carbonyl (C=O) groups is 2. The third-order valence-electron chi connectivity index (χ3n) is 4.28. The first-order chi connectivity index (χ1) is 11.2. The number of nitrogens with zero attached hydrogens (tertiary/aromatic N) is 1. The predicted octanol–water partition coefficient (Wildman–Crippen LogP) is 1.74. The van der Waals surface area contributed by atoms with Crippen molar-refractivity contribution < 1.29 is 23.5 Å². The Morgan fingerprint density at radius 1 is 1.21 bits per heavy atom. The van der Waals surface area contributed by atoms with Gasteiger partial charge in [-0.2, -0.15) is 8.78 Å². The number of benzene rings is 1. The SMILES string of the molecule is CNC(=O)C(F)(F)C1(O)CCN(C(=O)Nc2ccc(C)cc2)CC1. The van der Waals surface area contributed by atoms with Crippen LogP contribution in [0.25, 0.3) is 0 Å². The predicted molar refractivity (Wildman–Crippen MR) is 85.0 cm³/mol. The summed E-state index contributed by atoms with van der Waals surface area (Å²) >= 11 is 0. The molecule has 24 heavy (non-hydrogen) atoms. The maximum Gasteiger partial charge on any atom is 0.352 e. The van der Waals surface area contributed by atoms with E-state index in [2.05, 4.69) is 5.32 Å². The smallest absolute Gasteiger partial charge is 0.352 e. The maximum atomic E-state index is 14.0. The van der Waals surface area contributed by atoms with Gasteiger partial charge in [0.15, 0.2) is 0 Å². The van der Waals surface area contributed by atoms with E-state index in [9.17, 15) is 23.5 Å². The second-order valence-corrected chi connectivity index (χ2v) is 5.97. The topological polar surface area (TPSA) is 81.7 Å². The number of aliphatic hydroxyl groups is 1. The summed E-state index contributed by atoms with van der Waals surface area (Å²) in [7, 11) is 1.09. The lowest BCUT2D eigenvalue weighted by molar-refractivity contribution is -0.202. The van der Waals surface area contributed by atoms with Crippen LogP contribution in [0.5, 0.6) is 0 Å². The van der Waals surface area contributed by atoms with Crippen molar-refractivity contribution in [2.75, 3.05) is 25.5 Å². The van der Waals surface area contributed by atoms with Crippen molar-refractivity contribution in [3.8, 4) is 0 Å². The Morgan fingerprint density at radius 2 is 1.75 bits per heavy atom. The molecule has 2 rings (SSSR count). The Labute approximate surface area is 138 Å². The normalized spacial score (nSPS) is 17.3. The van der Waals surface area contributed by atoms with Crippen molar-refractivity contribution in [2.24, 2.45) is 0 Å². The zero-order valence-electron chi connectivity index (χ0n) is 13.6. The van der Waals surface area contributed by atoms with Crippen LogP contribution in [-0.2, 0) is 4.79 Å². The van der Waals surface area contributed by atoms with Crippen LogP contribution in [0, 0.1) is 6.92 Å². The minimum atomic E-state index is -3.90. The molecule has 3 N–H and O–H groups in total. The lowest BCUT2D eigenvalue weighted by atomic mass is 9.84. The lowest BCUT2D eigenvalue weighted by Gasteiger charge is -2.41. The molecule has 1 heterocycles. The van der Waals surface area contributed by atoms with E-state index in [4.69, 9.17) is 0 Å². The van der Waals surface area contributed by atoms with Crippen molar-refractivity contribution in [1.29, 1.82) is 0 Å². The molecule has 0 atom stereocenters. The van der Waals surface area contributed by atoms with Gasteiger partial charge in [0.2, 0.25) is 0 Å². The zero-order chi connectivity index (χ0) is 18.0. The summed E-state index contributed by atoms with van der Waals surface area (Å²) in [4.78, 5) is 24.8. The molecule has 6 nitrogen and oxygen atoms in total. The number of carbonyl (C=O) groups excluding carboxylic acids is 2. The minimum Gasteiger partial charge on any atom is -0.383 e. The minimum absolute atomic E-state index is 0.0687. The van der Waals surface area contributed by atoms with Gasteiger partial charge in [-0.25, -0.2) is 4.79 Å². The fraction of sp³-hybridized carbons (Fsp3) is 0.500. The number of urea groups is 1. The quantitative estimate of drug-likeness (QED) is 0.783. The van der Waals surface area contributed by atoms with Crippen LogP contribution in [0.4, 0.5) is 19.3 Å². The number of halogens is 2. The highest BCUT2D eigenvalue weighted by Crippen LogP contribution is 2.37. The third kappa shape index (κ3) is 3.48. The lowest BCUT2D eigenvalue weighted by Crippen LogP contribution is -2.61. The molecule has 0 bridgehead atoms. The van der Waals surface area contributed by atoms with Crippen LogP contribution >= 0.6 is 0 Å². The summed E-state index contributed by atoms with van der Waals surface area (Å²) < 4.78 is 28.0. The van der Waals surface area contributed by atoms with Crippen molar-refractivity contribution in [2.45, 2.75) is 31.3 Å². The van der Waals surface area contributed by atoms with E-state index < -0.39 is 23.5 Å². The second-order valence-electron chi connectivity index (χ2n) is 5.97. The van der Waals surface area contributed by atoms with Gasteiger partial charge in [-0.15, -0.1) is 0 Å². The van der Waals surface area contributed by atoms with Crippen molar-refractivity contribution in [1.82, 2.24) is 10.2 Å². The average Bonchev–Trinajstić information content (AvgIpc) is 2.56. The van der Waals surface area contributed by atoms with Crippen LogP contribution < -0.4 is 10.6 Å². The van der Waals surface area contributed by atoms with Gasteiger partial charge < -0.3 is 20.6 Å². The molecular weight excluding hydrogens is 320 g/mol. The fourth-order valence-corrected chi connectivity index (χ4v) is 2.60. The monoisotopic (exact) mass is 341 g/mol. The van der Waals surface area contributed by atoms with E-state index in [0.29, 0.717) is 5.69 Å². The highest BCUT2D eigenvalue weighted by Gasteiger charge is 2.58. The third-order valence-corrected chi connectivity index (χ3v) is 4.28. The molecular formula is C16H21F2N3O3. The summed E-state index contributed by atoms with van der Waals surface area (Å²) in [6.07, 6.45) is -0.760. The molecule has 1 fully saturated rings. The number of hydrogen-bond donors (Lipinski definition) is 3. The average molecular weight is 341 g/mol. The van der Waals surface area contributed by atoms with Gasteiger partial charge >= 0.3 is 12.0 Å².